The fourth-order valence-corrected chi connectivity index (χ4v) is 1.45. The first-order valence-electron chi connectivity index (χ1n) is 4.44. The van der Waals surface area contributed by atoms with Gasteiger partial charge in [0, 0.05) is 13.8 Å². The molecule has 0 saturated carbocycles. The molecule has 2 amide bonds. The molecule has 1 aliphatic rings. The molecule has 0 radical (unpaired) electrons. The molecule has 0 aliphatic heterocycles. The van der Waals surface area contributed by atoms with E-state index >= 15 is 0 Å². The van der Waals surface area contributed by atoms with E-state index in [9.17, 15) is 14.7 Å². The summed E-state index contributed by atoms with van der Waals surface area (Å²) in [5.74, 6) is -0.604. The third-order valence-corrected chi connectivity index (χ3v) is 2.05. The molecule has 1 aliphatic carbocycles. The van der Waals surface area contributed by atoms with E-state index in [4.69, 9.17) is 0 Å². The maximum absolute atomic E-state index is 11.2. The number of aliphatic hydroxyl groups is 1. The van der Waals surface area contributed by atoms with Gasteiger partial charge in [0.2, 0.25) is 11.8 Å². The molecule has 0 heterocycles. The zero-order valence-corrected chi connectivity index (χ0v) is 8.23. The molecule has 0 aromatic rings. The summed E-state index contributed by atoms with van der Waals surface area (Å²) in [5.41, 5.74) is 2.40. The molecule has 2 atom stereocenters. The number of hydrogen-bond donors (Lipinski definition) is 2. The van der Waals surface area contributed by atoms with Crippen molar-refractivity contribution in [1.29, 1.82) is 0 Å². The Morgan fingerprint density at radius 1 is 1.50 bits per heavy atom. The van der Waals surface area contributed by atoms with Crippen LogP contribution in [0, 0.1) is 0 Å². The van der Waals surface area contributed by atoms with Gasteiger partial charge in [0.15, 0.2) is 0 Å². The molecule has 0 aromatic heterocycles. The summed E-state index contributed by atoms with van der Waals surface area (Å²) in [6.45, 7) is 2.67. The molecule has 0 saturated heterocycles. The van der Waals surface area contributed by atoms with E-state index in [0.29, 0.717) is 6.42 Å². The van der Waals surface area contributed by atoms with Gasteiger partial charge < -0.3 is 5.11 Å². The highest BCUT2D eigenvalue weighted by Crippen LogP contribution is 2.16. The summed E-state index contributed by atoms with van der Waals surface area (Å²) >= 11 is 0. The highest BCUT2D eigenvalue weighted by atomic mass is 16.3. The van der Waals surface area contributed by atoms with Crippen LogP contribution in [-0.2, 0) is 9.59 Å². The number of amides is 2. The predicted octanol–water partition coefficient (Wildman–Crippen LogP) is -0.425. The van der Waals surface area contributed by atoms with Crippen molar-refractivity contribution < 1.29 is 14.7 Å². The van der Waals surface area contributed by atoms with Crippen molar-refractivity contribution in [3.63, 3.8) is 0 Å². The van der Waals surface area contributed by atoms with Crippen LogP contribution in [0.5, 0.6) is 0 Å². The van der Waals surface area contributed by atoms with Crippen LogP contribution >= 0.6 is 0 Å². The summed E-state index contributed by atoms with van der Waals surface area (Å²) in [7, 11) is 0. The Morgan fingerprint density at radius 3 is 2.50 bits per heavy atom. The first kappa shape index (κ1) is 10.7. The van der Waals surface area contributed by atoms with Crippen LogP contribution in [0.1, 0.15) is 20.3 Å². The highest BCUT2D eigenvalue weighted by Gasteiger charge is 2.29. The Balaban J connectivity index is 2.68. The minimum Gasteiger partial charge on any atom is -0.387 e. The molecule has 0 fully saturated rings. The second-order valence-electron chi connectivity index (χ2n) is 3.28. The van der Waals surface area contributed by atoms with Crippen molar-refractivity contribution in [2.75, 3.05) is 0 Å². The summed E-state index contributed by atoms with van der Waals surface area (Å²) in [6.07, 6.45) is 3.25. The molecule has 5 heteroatoms. The fraction of sp³-hybridized carbons (Fsp3) is 0.556. The van der Waals surface area contributed by atoms with Crippen LogP contribution in [0.2, 0.25) is 0 Å². The average Bonchev–Trinajstić information content (AvgIpc) is 2.46. The first-order valence-corrected chi connectivity index (χ1v) is 4.44. The Hall–Kier alpha value is -1.36. The topological polar surface area (TPSA) is 69.6 Å². The maximum Gasteiger partial charge on any atom is 0.238 e. The van der Waals surface area contributed by atoms with Crippen LogP contribution in [0.25, 0.3) is 0 Å². The lowest BCUT2D eigenvalue weighted by Gasteiger charge is -2.29. The van der Waals surface area contributed by atoms with Gasteiger partial charge in [-0.2, -0.15) is 0 Å². The summed E-state index contributed by atoms with van der Waals surface area (Å²) < 4.78 is 0. The largest absolute Gasteiger partial charge is 0.387 e. The standard InChI is InChI=1S/C9H14N2O3/c1-6(12)10-11(7(2)13)8-4-3-5-9(8)14/h3,5,8-9,14H,4H2,1-2H3,(H,10,12)/t8-,9-/m0/s1. The van der Waals surface area contributed by atoms with Gasteiger partial charge >= 0.3 is 0 Å². The van der Waals surface area contributed by atoms with Gasteiger partial charge in [-0.1, -0.05) is 12.2 Å². The van der Waals surface area contributed by atoms with Crippen LogP contribution in [0.15, 0.2) is 12.2 Å². The molecule has 0 bridgehead atoms. The number of carbonyl (C=O) groups excluding carboxylic acids is 2. The number of aliphatic hydroxyl groups excluding tert-OH is 1. The SMILES string of the molecule is CC(=O)NN(C(C)=O)[C@H]1CC=C[C@@H]1O. The van der Waals surface area contributed by atoms with E-state index in [0.717, 1.165) is 0 Å². The molecule has 1 rings (SSSR count). The number of hydrogen-bond acceptors (Lipinski definition) is 3. The molecular weight excluding hydrogens is 184 g/mol. The van der Waals surface area contributed by atoms with E-state index in [2.05, 4.69) is 5.43 Å². The van der Waals surface area contributed by atoms with Gasteiger partial charge in [0.1, 0.15) is 0 Å². The molecular formula is C9H14N2O3. The van der Waals surface area contributed by atoms with Gasteiger partial charge in [-0.15, -0.1) is 0 Å². The smallest absolute Gasteiger partial charge is 0.238 e. The molecule has 78 valence electrons. The minimum atomic E-state index is -0.703. The summed E-state index contributed by atoms with van der Waals surface area (Å²) in [6, 6.07) is -0.378. The zero-order valence-electron chi connectivity index (χ0n) is 8.23. The normalized spacial score (nSPS) is 24.8. The molecule has 0 unspecified atom stereocenters. The number of hydrazine groups is 1. The second kappa shape index (κ2) is 4.23. The predicted molar refractivity (Wildman–Crippen MR) is 49.9 cm³/mol. The van der Waals surface area contributed by atoms with Crippen molar-refractivity contribution in [2.24, 2.45) is 0 Å². The average molecular weight is 198 g/mol. The van der Waals surface area contributed by atoms with Crippen LogP contribution in [0.4, 0.5) is 0 Å². The van der Waals surface area contributed by atoms with Crippen molar-refractivity contribution in [3.05, 3.63) is 12.2 Å². The fourth-order valence-electron chi connectivity index (χ4n) is 1.45. The molecule has 2 N–H and O–H groups in total. The lowest BCUT2D eigenvalue weighted by Crippen LogP contribution is -2.53. The van der Waals surface area contributed by atoms with Crippen molar-refractivity contribution in [3.8, 4) is 0 Å². The van der Waals surface area contributed by atoms with Crippen molar-refractivity contribution in [2.45, 2.75) is 32.4 Å². The Morgan fingerprint density at radius 2 is 2.14 bits per heavy atom. The van der Waals surface area contributed by atoms with Crippen LogP contribution in [-0.4, -0.2) is 34.1 Å². The number of nitrogens with zero attached hydrogens (tertiary/aromatic N) is 1. The summed E-state index contributed by atoms with van der Waals surface area (Å²) in [5, 5.41) is 10.7. The van der Waals surface area contributed by atoms with Crippen molar-refractivity contribution >= 4 is 11.8 Å². The number of carbonyl (C=O) groups is 2. The minimum absolute atomic E-state index is 0.284. The van der Waals surface area contributed by atoms with Gasteiger partial charge in [-0.3, -0.25) is 15.0 Å². The van der Waals surface area contributed by atoms with Crippen molar-refractivity contribution in [1.82, 2.24) is 10.4 Å². The van der Waals surface area contributed by atoms with E-state index < -0.39 is 6.10 Å². The lowest BCUT2D eigenvalue weighted by molar-refractivity contribution is -0.143. The number of nitrogens with one attached hydrogen (secondary N) is 1. The van der Waals surface area contributed by atoms with E-state index in [1.54, 1.807) is 12.2 Å². The highest BCUT2D eigenvalue weighted by molar-refractivity contribution is 5.79. The van der Waals surface area contributed by atoms with Crippen LogP contribution < -0.4 is 5.43 Å². The summed E-state index contributed by atoms with van der Waals surface area (Å²) in [4.78, 5) is 22.0. The third-order valence-electron chi connectivity index (χ3n) is 2.05. The maximum atomic E-state index is 11.2. The van der Waals surface area contributed by atoms with Gasteiger partial charge in [0.25, 0.3) is 0 Å². The Kier molecular flexibility index (Phi) is 3.24. The molecule has 0 spiro atoms. The first-order chi connectivity index (χ1) is 6.52. The van der Waals surface area contributed by atoms with E-state index in [1.165, 1.54) is 18.9 Å². The van der Waals surface area contributed by atoms with Gasteiger partial charge in [-0.25, -0.2) is 5.01 Å². The monoisotopic (exact) mass is 198 g/mol. The lowest BCUT2D eigenvalue weighted by atomic mass is 10.2. The number of rotatable bonds is 1. The second-order valence-corrected chi connectivity index (χ2v) is 3.28. The zero-order chi connectivity index (χ0) is 10.7. The van der Waals surface area contributed by atoms with E-state index in [1.807, 2.05) is 0 Å². The quantitative estimate of drug-likeness (QED) is 0.444. The molecule has 5 nitrogen and oxygen atoms in total. The third kappa shape index (κ3) is 2.32. The van der Waals surface area contributed by atoms with Gasteiger partial charge in [0.05, 0.1) is 12.1 Å². The van der Waals surface area contributed by atoms with E-state index in [-0.39, 0.29) is 17.9 Å². The Labute approximate surface area is 82.4 Å². The van der Waals surface area contributed by atoms with Gasteiger partial charge in [-0.05, 0) is 6.42 Å². The van der Waals surface area contributed by atoms with Crippen LogP contribution in [0.3, 0.4) is 0 Å². The molecule has 14 heavy (non-hydrogen) atoms. The Bertz CT molecular complexity index is 275. The molecule has 0 aromatic carbocycles.